The number of halogens is 1. The number of nitrogens with zero attached hydrogens (tertiary/aromatic N) is 4. The fourth-order valence-electron chi connectivity index (χ4n) is 4.03. The Hall–Kier alpha value is -2.77. The van der Waals surface area contributed by atoms with Gasteiger partial charge < -0.3 is 10.2 Å². The average molecular weight is 385 g/mol. The van der Waals surface area contributed by atoms with Crippen LogP contribution in [0.1, 0.15) is 48.2 Å². The molecule has 1 atom stereocenters. The van der Waals surface area contributed by atoms with Crippen LogP contribution in [-0.2, 0) is 17.9 Å². The van der Waals surface area contributed by atoms with E-state index in [9.17, 15) is 14.0 Å². The number of likely N-dealkylation sites (tertiary alicyclic amines) is 1. The van der Waals surface area contributed by atoms with E-state index in [1.807, 2.05) is 0 Å². The van der Waals surface area contributed by atoms with Crippen LogP contribution in [0.25, 0.3) is 0 Å². The lowest BCUT2D eigenvalue weighted by atomic mass is 10.1. The number of aromatic nitrogens is 3. The molecular weight excluding hydrogens is 361 g/mol. The zero-order chi connectivity index (χ0) is 19.5. The molecule has 7 nitrogen and oxygen atoms in total. The van der Waals surface area contributed by atoms with Gasteiger partial charge in [0.2, 0.25) is 5.91 Å². The zero-order valence-corrected chi connectivity index (χ0v) is 15.7. The molecule has 1 aromatic heterocycles. The van der Waals surface area contributed by atoms with Gasteiger partial charge in [0.25, 0.3) is 5.91 Å². The molecule has 1 saturated carbocycles. The monoisotopic (exact) mass is 385 g/mol. The number of rotatable bonds is 6. The maximum Gasteiger partial charge on any atom is 0.273 e. The summed E-state index contributed by atoms with van der Waals surface area (Å²) in [6, 6.07) is 6.44. The highest BCUT2D eigenvalue weighted by Crippen LogP contribution is 2.22. The summed E-state index contributed by atoms with van der Waals surface area (Å²) in [7, 11) is 0. The maximum absolute atomic E-state index is 13.0. The summed E-state index contributed by atoms with van der Waals surface area (Å²) in [6.45, 7) is 1.62. The maximum atomic E-state index is 13.0. The van der Waals surface area contributed by atoms with Crippen LogP contribution in [0.5, 0.6) is 0 Å². The molecule has 148 valence electrons. The zero-order valence-electron chi connectivity index (χ0n) is 15.7. The van der Waals surface area contributed by atoms with Gasteiger partial charge in [0.15, 0.2) is 5.69 Å². The molecular formula is C20H24FN5O2. The molecule has 1 N–H and O–H groups in total. The van der Waals surface area contributed by atoms with Gasteiger partial charge in [0.1, 0.15) is 5.82 Å². The standard InChI is InChI=1S/C20H24FN5O2/c21-16-7-5-14(6-8-16)10-25-11-15(9-19(25)27)12-26-13-18(23-24-26)20(28)22-17-3-1-2-4-17/h5-8,13,15,17H,1-4,9-12H2,(H,22,28). The first-order valence-electron chi connectivity index (χ1n) is 9.80. The highest BCUT2D eigenvalue weighted by Gasteiger charge is 2.30. The molecule has 8 heteroatoms. The van der Waals surface area contributed by atoms with Crippen LogP contribution < -0.4 is 5.32 Å². The van der Waals surface area contributed by atoms with Crippen LogP contribution in [0.4, 0.5) is 4.39 Å². The first-order chi connectivity index (χ1) is 13.6. The number of carbonyl (C=O) groups excluding carboxylic acids is 2. The first-order valence-corrected chi connectivity index (χ1v) is 9.80. The van der Waals surface area contributed by atoms with E-state index in [1.54, 1.807) is 27.9 Å². The van der Waals surface area contributed by atoms with E-state index >= 15 is 0 Å². The predicted octanol–water partition coefficient (Wildman–Crippen LogP) is 2.14. The SMILES string of the molecule is O=C(NC1CCCC1)c1cn(CC2CC(=O)N(Cc3ccc(F)cc3)C2)nn1. The third-order valence-electron chi connectivity index (χ3n) is 5.49. The van der Waals surface area contributed by atoms with Crippen molar-refractivity contribution >= 4 is 11.8 Å². The number of benzene rings is 1. The summed E-state index contributed by atoms with van der Waals surface area (Å²) < 4.78 is 14.7. The third-order valence-corrected chi connectivity index (χ3v) is 5.49. The molecule has 28 heavy (non-hydrogen) atoms. The van der Waals surface area contributed by atoms with Crippen molar-refractivity contribution in [2.45, 2.75) is 51.2 Å². The molecule has 1 aromatic carbocycles. The van der Waals surface area contributed by atoms with Crippen LogP contribution in [0.15, 0.2) is 30.5 Å². The summed E-state index contributed by atoms with van der Waals surface area (Å²) in [5.74, 6) is -0.277. The van der Waals surface area contributed by atoms with Crippen molar-refractivity contribution in [3.8, 4) is 0 Å². The van der Waals surface area contributed by atoms with E-state index in [0.29, 0.717) is 31.7 Å². The van der Waals surface area contributed by atoms with E-state index in [2.05, 4.69) is 15.6 Å². The molecule has 2 fully saturated rings. The Morgan fingerprint density at radius 3 is 2.71 bits per heavy atom. The van der Waals surface area contributed by atoms with Gasteiger partial charge in [-0.15, -0.1) is 5.10 Å². The molecule has 0 radical (unpaired) electrons. The Kier molecular flexibility index (Phi) is 5.36. The van der Waals surface area contributed by atoms with Gasteiger partial charge in [-0.3, -0.25) is 14.3 Å². The average Bonchev–Trinajstić information content (AvgIpc) is 3.40. The largest absolute Gasteiger partial charge is 0.348 e. The van der Waals surface area contributed by atoms with Crippen molar-refractivity contribution in [1.82, 2.24) is 25.2 Å². The van der Waals surface area contributed by atoms with Crippen molar-refractivity contribution in [1.29, 1.82) is 0 Å². The lowest BCUT2D eigenvalue weighted by Crippen LogP contribution is -2.32. The second kappa shape index (κ2) is 8.08. The van der Waals surface area contributed by atoms with Gasteiger partial charge in [0.05, 0.1) is 6.20 Å². The Morgan fingerprint density at radius 2 is 1.96 bits per heavy atom. The lowest BCUT2D eigenvalue weighted by Gasteiger charge is -2.16. The quantitative estimate of drug-likeness (QED) is 0.826. The Labute approximate surface area is 162 Å². The number of nitrogens with one attached hydrogen (secondary N) is 1. The summed E-state index contributed by atoms with van der Waals surface area (Å²) in [5, 5.41) is 11.0. The smallest absolute Gasteiger partial charge is 0.273 e. The van der Waals surface area contributed by atoms with Crippen LogP contribution in [0, 0.1) is 11.7 Å². The minimum atomic E-state index is -0.284. The first kappa shape index (κ1) is 18.6. The second-order valence-corrected chi connectivity index (χ2v) is 7.75. The minimum Gasteiger partial charge on any atom is -0.348 e. The van der Waals surface area contributed by atoms with Crippen LogP contribution >= 0.6 is 0 Å². The number of hydrogen-bond acceptors (Lipinski definition) is 4. The lowest BCUT2D eigenvalue weighted by molar-refractivity contribution is -0.128. The van der Waals surface area contributed by atoms with Gasteiger partial charge in [-0.05, 0) is 30.5 Å². The second-order valence-electron chi connectivity index (χ2n) is 7.75. The third kappa shape index (κ3) is 4.37. The summed E-state index contributed by atoms with van der Waals surface area (Å²) in [5.41, 5.74) is 1.22. The van der Waals surface area contributed by atoms with Crippen LogP contribution in [-0.4, -0.2) is 44.3 Å². The van der Waals surface area contributed by atoms with Crippen molar-refractivity contribution < 1.29 is 14.0 Å². The molecule has 2 aromatic rings. The van der Waals surface area contributed by atoms with Gasteiger partial charge in [-0.1, -0.05) is 30.2 Å². The molecule has 4 rings (SSSR count). The fraction of sp³-hybridized carbons (Fsp3) is 0.500. The summed E-state index contributed by atoms with van der Waals surface area (Å²) in [4.78, 5) is 26.3. The van der Waals surface area contributed by atoms with Crippen LogP contribution in [0.2, 0.25) is 0 Å². The molecule has 1 saturated heterocycles. The molecule has 1 aliphatic carbocycles. The van der Waals surface area contributed by atoms with E-state index in [0.717, 1.165) is 31.2 Å². The molecule has 1 aliphatic heterocycles. The van der Waals surface area contributed by atoms with E-state index < -0.39 is 0 Å². The predicted molar refractivity (Wildman–Crippen MR) is 99.7 cm³/mol. The molecule has 2 heterocycles. The molecule has 0 spiro atoms. The van der Waals surface area contributed by atoms with Crippen molar-refractivity contribution in [2.75, 3.05) is 6.54 Å². The number of carbonyl (C=O) groups is 2. The van der Waals surface area contributed by atoms with Gasteiger partial charge in [0, 0.05) is 38.0 Å². The van der Waals surface area contributed by atoms with E-state index in [-0.39, 0.29) is 29.6 Å². The number of amides is 2. The van der Waals surface area contributed by atoms with Gasteiger partial charge >= 0.3 is 0 Å². The minimum absolute atomic E-state index is 0.0774. The summed E-state index contributed by atoms with van der Waals surface area (Å²) in [6.07, 6.45) is 6.44. The van der Waals surface area contributed by atoms with Gasteiger partial charge in [-0.25, -0.2) is 4.39 Å². The number of hydrogen-bond donors (Lipinski definition) is 1. The van der Waals surface area contributed by atoms with Crippen molar-refractivity contribution in [2.24, 2.45) is 5.92 Å². The highest BCUT2D eigenvalue weighted by atomic mass is 19.1. The van der Waals surface area contributed by atoms with Crippen LogP contribution in [0.3, 0.4) is 0 Å². The molecule has 2 amide bonds. The molecule has 0 bridgehead atoms. The highest BCUT2D eigenvalue weighted by molar-refractivity contribution is 5.92. The Balaban J connectivity index is 1.31. The van der Waals surface area contributed by atoms with Crippen molar-refractivity contribution in [3.63, 3.8) is 0 Å². The normalized spacial score (nSPS) is 20.1. The fourth-order valence-corrected chi connectivity index (χ4v) is 4.03. The molecule has 2 aliphatic rings. The van der Waals surface area contributed by atoms with E-state index in [4.69, 9.17) is 0 Å². The topological polar surface area (TPSA) is 80.1 Å². The van der Waals surface area contributed by atoms with E-state index in [1.165, 1.54) is 12.1 Å². The Bertz CT molecular complexity index is 845. The Morgan fingerprint density at radius 1 is 1.21 bits per heavy atom. The van der Waals surface area contributed by atoms with Gasteiger partial charge in [-0.2, -0.15) is 0 Å². The van der Waals surface area contributed by atoms with Crippen molar-refractivity contribution in [3.05, 3.63) is 47.5 Å². The molecule has 1 unspecified atom stereocenters. The summed E-state index contributed by atoms with van der Waals surface area (Å²) >= 11 is 0.